The number of aliphatic hydroxyl groups is 1. The second kappa shape index (κ2) is 6.73. The van der Waals surface area contributed by atoms with Gasteiger partial charge in [0.2, 0.25) is 0 Å². The van der Waals surface area contributed by atoms with Gasteiger partial charge in [0.1, 0.15) is 6.61 Å². The fourth-order valence-electron chi connectivity index (χ4n) is 3.24. The van der Waals surface area contributed by atoms with Crippen molar-refractivity contribution in [2.75, 3.05) is 32.8 Å². The molecule has 2 aliphatic heterocycles. The highest BCUT2D eigenvalue weighted by Crippen LogP contribution is 2.24. The average Bonchev–Trinajstić information content (AvgIpc) is 3.18. The monoisotopic (exact) mass is 290 g/mol. The van der Waals surface area contributed by atoms with Crippen molar-refractivity contribution in [3.63, 3.8) is 0 Å². The maximum Gasteiger partial charge on any atom is 0.104 e. The van der Waals surface area contributed by atoms with Gasteiger partial charge in [-0.3, -0.25) is 9.80 Å². The van der Waals surface area contributed by atoms with Crippen LogP contribution in [0.5, 0.6) is 0 Å². The zero-order valence-electron chi connectivity index (χ0n) is 11.8. The molecule has 2 fully saturated rings. The normalized spacial score (nSPS) is 23.9. The molecule has 2 aliphatic rings. The highest BCUT2D eigenvalue weighted by molar-refractivity contribution is 7.12. The molecule has 20 heavy (non-hydrogen) atoms. The second-order valence-electron chi connectivity index (χ2n) is 5.65. The van der Waals surface area contributed by atoms with Gasteiger partial charge in [0.15, 0.2) is 0 Å². The SMILES string of the molecule is OCC#Cc1ccc(CN2CCC(N3CCCC3)C2)s1. The third-order valence-electron chi connectivity index (χ3n) is 4.24. The predicted molar refractivity (Wildman–Crippen MR) is 82.8 cm³/mol. The van der Waals surface area contributed by atoms with E-state index in [1.807, 2.05) is 0 Å². The lowest BCUT2D eigenvalue weighted by Crippen LogP contribution is -2.35. The van der Waals surface area contributed by atoms with Crippen molar-refractivity contribution < 1.29 is 5.11 Å². The van der Waals surface area contributed by atoms with Crippen LogP contribution in [0.4, 0.5) is 0 Å². The summed E-state index contributed by atoms with van der Waals surface area (Å²) in [6.45, 7) is 6.04. The largest absolute Gasteiger partial charge is 0.384 e. The average molecular weight is 290 g/mol. The Hall–Kier alpha value is -0.860. The molecule has 0 spiro atoms. The quantitative estimate of drug-likeness (QED) is 0.860. The van der Waals surface area contributed by atoms with Crippen molar-refractivity contribution in [1.82, 2.24) is 9.80 Å². The van der Waals surface area contributed by atoms with Crippen LogP contribution in [-0.2, 0) is 6.54 Å². The first-order chi connectivity index (χ1) is 9.85. The summed E-state index contributed by atoms with van der Waals surface area (Å²) in [6, 6.07) is 5.03. The molecule has 108 valence electrons. The minimum Gasteiger partial charge on any atom is -0.384 e. The van der Waals surface area contributed by atoms with E-state index in [-0.39, 0.29) is 6.61 Å². The van der Waals surface area contributed by atoms with E-state index in [9.17, 15) is 0 Å². The molecule has 0 aromatic carbocycles. The second-order valence-corrected chi connectivity index (χ2v) is 6.81. The van der Waals surface area contributed by atoms with E-state index in [0.717, 1.165) is 17.5 Å². The first-order valence-electron chi connectivity index (χ1n) is 7.50. The lowest BCUT2D eigenvalue weighted by atomic mass is 10.2. The van der Waals surface area contributed by atoms with E-state index in [4.69, 9.17) is 5.11 Å². The Morgan fingerprint density at radius 3 is 2.90 bits per heavy atom. The number of hydrogen-bond donors (Lipinski definition) is 1. The molecule has 3 rings (SSSR count). The van der Waals surface area contributed by atoms with Gasteiger partial charge in [0.05, 0.1) is 4.88 Å². The molecule has 1 atom stereocenters. The Balaban J connectivity index is 1.52. The van der Waals surface area contributed by atoms with Gasteiger partial charge in [0, 0.05) is 30.6 Å². The van der Waals surface area contributed by atoms with Crippen molar-refractivity contribution in [3.05, 3.63) is 21.9 Å². The van der Waals surface area contributed by atoms with Gasteiger partial charge in [-0.05, 0) is 44.5 Å². The first-order valence-corrected chi connectivity index (χ1v) is 8.31. The molecular formula is C16H22N2OS. The molecule has 0 aliphatic carbocycles. The van der Waals surface area contributed by atoms with Crippen molar-refractivity contribution in [3.8, 4) is 11.8 Å². The van der Waals surface area contributed by atoms with Gasteiger partial charge in [-0.2, -0.15) is 0 Å². The highest BCUT2D eigenvalue weighted by Gasteiger charge is 2.29. The van der Waals surface area contributed by atoms with E-state index in [2.05, 4.69) is 33.8 Å². The maximum absolute atomic E-state index is 8.72. The number of thiophene rings is 1. The van der Waals surface area contributed by atoms with Gasteiger partial charge in [0.25, 0.3) is 0 Å². The van der Waals surface area contributed by atoms with Crippen molar-refractivity contribution in [2.45, 2.75) is 31.8 Å². The molecule has 1 aromatic rings. The van der Waals surface area contributed by atoms with Crippen LogP contribution in [0, 0.1) is 11.8 Å². The summed E-state index contributed by atoms with van der Waals surface area (Å²) in [5.41, 5.74) is 0. The Labute approximate surface area is 125 Å². The molecule has 0 radical (unpaired) electrons. The molecule has 1 aromatic heterocycles. The van der Waals surface area contributed by atoms with Crippen LogP contribution in [-0.4, -0.2) is 53.7 Å². The highest BCUT2D eigenvalue weighted by atomic mass is 32.1. The first kappa shape index (κ1) is 14.1. The molecule has 4 heteroatoms. The third kappa shape index (κ3) is 3.42. The lowest BCUT2D eigenvalue weighted by Gasteiger charge is -2.23. The number of aliphatic hydroxyl groups excluding tert-OH is 1. The smallest absolute Gasteiger partial charge is 0.104 e. The predicted octanol–water partition coefficient (Wildman–Crippen LogP) is 1.76. The zero-order valence-corrected chi connectivity index (χ0v) is 12.7. The van der Waals surface area contributed by atoms with E-state index in [1.165, 1.54) is 50.3 Å². The topological polar surface area (TPSA) is 26.7 Å². The van der Waals surface area contributed by atoms with Crippen LogP contribution >= 0.6 is 11.3 Å². The number of nitrogens with zero attached hydrogens (tertiary/aromatic N) is 2. The number of rotatable bonds is 3. The Morgan fingerprint density at radius 1 is 1.25 bits per heavy atom. The summed E-state index contributed by atoms with van der Waals surface area (Å²) in [6.07, 6.45) is 4.09. The van der Waals surface area contributed by atoms with Crippen molar-refractivity contribution in [1.29, 1.82) is 0 Å². The summed E-state index contributed by atoms with van der Waals surface area (Å²) in [5.74, 6) is 5.70. The summed E-state index contributed by atoms with van der Waals surface area (Å²) in [4.78, 5) is 7.68. The van der Waals surface area contributed by atoms with Crippen LogP contribution in [0.3, 0.4) is 0 Å². The molecular weight excluding hydrogens is 268 g/mol. The molecule has 1 N–H and O–H groups in total. The van der Waals surface area contributed by atoms with Crippen LogP contribution in [0.1, 0.15) is 29.0 Å². The zero-order chi connectivity index (χ0) is 13.8. The van der Waals surface area contributed by atoms with Crippen molar-refractivity contribution in [2.24, 2.45) is 0 Å². The maximum atomic E-state index is 8.72. The summed E-state index contributed by atoms with van der Waals surface area (Å²) < 4.78 is 0. The molecule has 1 unspecified atom stereocenters. The summed E-state index contributed by atoms with van der Waals surface area (Å²) >= 11 is 1.75. The van der Waals surface area contributed by atoms with E-state index in [1.54, 1.807) is 11.3 Å². The van der Waals surface area contributed by atoms with Crippen LogP contribution < -0.4 is 0 Å². The van der Waals surface area contributed by atoms with E-state index >= 15 is 0 Å². The number of hydrogen-bond acceptors (Lipinski definition) is 4. The minimum absolute atomic E-state index is 0.0587. The van der Waals surface area contributed by atoms with E-state index < -0.39 is 0 Å². The van der Waals surface area contributed by atoms with Crippen LogP contribution in [0.15, 0.2) is 12.1 Å². The van der Waals surface area contributed by atoms with Gasteiger partial charge in [-0.1, -0.05) is 11.8 Å². The molecule has 0 amide bonds. The Kier molecular flexibility index (Phi) is 4.74. The van der Waals surface area contributed by atoms with Gasteiger partial charge in [-0.25, -0.2) is 0 Å². The van der Waals surface area contributed by atoms with E-state index in [0.29, 0.717) is 0 Å². The number of likely N-dealkylation sites (tertiary alicyclic amines) is 2. The summed E-state index contributed by atoms with van der Waals surface area (Å²) in [5, 5.41) is 8.72. The standard InChI is InChI=1S/C16H22N2OS/c19-11-3-4-15-5-6-16(20-15)13-17-10-7-14(12-17)18-8-1-2-9-18/h5-6,14,19H,1-2,7-13H2. The Morgan fingerprint density at radius 2 is 2.10 bits per heavy atom. The Bertz CT molecular complexity index is 496. The fourth-order valence-corrected chi connectivity index (χ4v) is 4.16. The van der Waals surface area contributed by atoms with Gasteiger partial charge >= 0.3 is 0 Å². The molecule has 3 heterocycles. The molecule has 3 nitrogen and oxygen atoms in total. The van der Waals surface area contributed by atoms with Crippen LogP contribution in [0.2, 0.25) is 0 Å². The van der Waals surface area contributed by atoms with Crippen molar-refractivity contribution >= 4 is 11.3 Å². The van der Waals surface area contributed by atoms with Crippen LogP contribution in [0.25, 0.3) is 0 Å². The van der Waals surface area contributed by atoms with Gasteiger partial charge < -0.3 is 5.11 Å². The van der Waals surface area contributed by atoms with Gasteiger partial charge in [-0.15, -0.1) is 11.3 Å². The molecule has 2 saturated heterocycles. The fraction of sp³-hybridized carbons (Fsp3) is 0.625. The lowest BCUT2D eigenvalue weighted by molar-refractivity contribution is 0.230. The molecule has 0 bridgehead atoms. The third-order valence-corrected chi connectivity index (χ3v) is 5.22. The minimum atomic E-state index is -0.0587. The summed E-state index contributed by atoms with van der Waals surface area (Å²) in [7, 11) is 0. The molecule has 0 saturated carbocycles.